The second kappa shape index (κ2) is 10.2. The highest BCUT2D eigenvalue weighted by atomic mass is 16.5. The van der Waals surface area contributed by atoms with Gasteiger partial charge in [-0.15, -0.1) is 0 Å². The molecule has 0 spiro atoms. The first-order chi connectivity index (χ1) is 19.5. The Balaban J connectivity index is 1.14. The molecule has 6 heteroatoms. The molecule has 4 aliphatic rings. The Morgan fingerprint density at radius 2 is 1.71 bits per heavy atom. The molecule has 2 aromatic rings. The highest BCUT2D eigenvalue weighted by molar-refractivity contribution is 6.01. The van der Waals surface area contributed by atoms with Crippen molar-refractivity contribution in [3.63, 3.8) is 0 Å². The summed E-state index contributed by atoms with van der Waals surface area (Å²) in [4.78, 5) is 25.8. The fourth-order valence-corrected chi connectivity index (χ4v) is 8.85. The second-order valence-electron chi connectivity index (χ2n) is 13.1. The van der Waals surface area contributed by atoms with Crippen molar-refractivity contribution >= 4 is 11.6 Å². The maximum absolute atomic E-state index is 13.6. The van der Waals surface area contributed by atoms with E-state index in [1.807, 2.05) is 55.5 Å². The zero-order chi connectivity index (χ0) is 29.0. The summed E-state index contributed by atoms with van der Waals surface area (Å²) in [7, 11) is 0. The number of allylic oxidation sites excluding steroid dienone is 4. The molecule has 8 atom stereocenters. The summed E-state index contributed by atoms with van der Waals surface area (Å²) in [6, 6.07) is 17.1. The van der Waals surface area contributed by atoms with E-state index < -0.39 is 22.5 Å². The Kier molecular flexibility index (Phi) is 6.98. The molecular weight excluding hydrogens is 516 g/mol. The lowest BCUT2D eigenvalue weighted by molar-refractivity contribution is -0.179. The lowest BCUT2D eigenvalue weighted by Gasteiger charge is -2.60. The van der Waals surface area contributed by atoms with Crippen LogP contribution in [-0.4, -0.2) is 40.1 Å². The normalized spacial score (nSPS) is 37.4. The number of benzene rings is 2. The van der Waals surface area contributed by atoms with Crippen molar-refractivity contribution in [2.24, 2.45) is 34.5 Å². The molecule has 5 unspecified atom stereocenters. The van der Waals surface area contributed by atoms with Crippen molar-refractivity contribution in [2.75, 3.05) is 6.61 Å². The molecule has 3 saturated carbocycles. The number of ketones is 2. The average Bonchev–Trinajstić information content (AvgIpc) is 3.23. The van der Waals surface area contributed by atoms with Crippen LogP contribution in [0.15, 0.2) is 78.4 Å². The predicted molar refractivity (Wildman–Crippen MR) is 155 cm³/mol. The molecule has 6 rings (SSSR count). The number of carbonyl (C=O) groups excluding carboxylic acids is 2. The van der Waals surface area contributed by atoms with Crippen molar-refractivity contribution in [3.8, 4) is 11.5 Å². The van der Waals surface area contributed by atoms with Crippen LogP contribution in [0.2, 0.25) is 0 Å². The maximum Gasteiger partial charge on any atom is 0.202 e. The topological polar surface area (TPSA) is 93.1 Å². The van der Waals surface area contributed by atoms with E-state index >= 15 is 0 Å². The van der Waals surface area contributed by atoms with Crippen LogP contribution in [0.3, 0.4) is 0 Å². The first-order valence-corrected chi connectivity index (χ1v) is 14.8. The fraction of sp³-hybridized carbons (Fsp3) is 0.486. The molecule has 0 heterocycles. The molecular formula is C35H40O6. The largest absolute Gasteiger partial charge is 0.489 e. The lowest BCUT2D eigenvalue weighted by atomic mass is 9.45. The van der Waals surface area contributed by atoms with Crippen LogP contribution >= 0.6 is 0 Å². The fourth-order valence-electron chi connectivity index (χ4n) is 8.85. The number of fused-ring (bicyclic) bond motifs is 5. The molecule has 0 amide bonds. The number of ether oxygens (including phenoxy) is 2. The smallest absolute Gasteiger partial charge is 0.202 e. The second-order valence-corrected chi connectivity index (χ2v) is 13.1. The van der Waals surface area contributed by atoms with Gasteiger partial charge in [-0.25, -0.2) is 0 Å². The summed E-state index contributed by atoms with van der Waals surface area (Å²) in [6.07, 6.45) is 6.95. The highest BCUT2D eigenvalue weighted by Crippen LogP contribution is 2.67. The summed E-state index contributed by atoms with van der Waals surface area (Å²) < 4.78 is 11.7. The predicted octanol–water partition coefficient (Wildman–Crippen LogP) is 5.47. The Hall–Kier alpha value is -3.22. The summed E-state index contributed by atoms with van der Waals surface area (Å²) in [5, 5.41) is 23.6. The van der Waals surface area contributed by atoms with Gasteiger partial charge in [0.05, 0.1) is 6.10 Å². The van der Waals surface area contributed by atoms with Gasteiger partial charge in [0.1, 0.15) is 30.3 Å². The van der Waals surface area contributed by atoms with E-state index in [1.165, 1.54) is 0 Å². The monoisotopic (exact) mass is 556 g/mol. The minimum atomic E-state index is -1.57. The molecule has 3 fully saturated rings. The highest BCUT2D eigenvalue weighted by Gasteiger charge is 2.68. The van der Waals surface area contributed by atoms with Crippen molar-refractivity contribution in [1.82, 2.24) is 0 Å². The summed E-state index contributed by atoms with van der Waals surface area (Å²) >= 11 is 0. The number of aliphatic hydroxyl groups is 2. The SMILES string of the molecule is C[C@H]1CC2C([C@@H](O)CC3(C)C2CC[C@]3(O)C(=O)COc2ccc(OCc3ccccc3)cc2)C2(C)C=CC(=O)C=C12. The van der Waals surface area contributed by atoms with Crippen LogP contribution in [0, 0.1) is 34.5 Å². The van der Waals surface area contributed by atoms with Gasteiger partial charge in [0.2, 0.25) is 5.78 Å². The molecule has 0 radical (unpaired) electrons. The van der Waals surface area contributed by atoms with E-state index in [9.17, 15) is 19.8 Å². The first-order valence-electron chi connectivity index (χ1n) is 14.8. The van der Waals surface area contributed by atoms with Crippen molar-refractivity contribution in [3.05, 3.63) is 84.0 Å². The van der Waals surface area contributed by atoms with Crippen molar-refractivity contribution in [1.29, 1.82) is 0 Å². The Morgan fingerprint density at radius 3 is 2.41 bits per heavy atom. The zero-order valence-electron chi connectivity index (χ0n) is 24.1. The van der Waals surface area contributed by atoms with E-state index in [0.717, 1.165) is 24.0 Å². The van der Waals surface area contributed by atoms with Crippen LogP contribution in [0.25, 0.3) is 0 Å². The zero-order valence-corrected chi connectivity index (χ0v) is 24.1. The van der Waals surface area contributed by atoms with E-state index in [4.69, 9.17) is 9.47 Å². The number of carbonyl (C=O) groups is 2. The van der Waals surface area contributed by atoms with Crippen LogP contribution in [-0.2, 0) is 16.2 Å². The maximum atomic E-state index is 13.6. The van der Waals surface area contributed by atoms with Gasteiger partial charge in [0, 0.05) is 16.7 Å². The van der Waals surface area contributed by atoms with Gasteiger partial charge in [-0.3, -0.25) is 9.59 Å². The molecule has 216 valence electrons. The molecule has 2 aromatic carbocycles. The van der Waals surface area contributed by atoms with Crippen LogP contribution in [0.5, 0.6) is 11.5 Å². The summed E-state index contributed by atoms with van der Waals surface area (Å²) in [6.45, 7) is 6.50. The van der Waals surface area contributed by atoms with Gasteiger partial charge in [-0.2, -0.15) is 0 Å². The Morgan fingerprint density at radius 1 is 1.02 bits per heavy atom. The Labute approximate surface area is 242 Å². The number of rotatable bonds is 7. The third-order valence-corrected chi connectivity index (χ3v) is 10.9. The summed E-state index contributed by atoms with van der Waals surface area (Å²) in [5.41, 5.74) is -0.548. The molecule has 0 bridgehead atoms. The molecule has 0 aromatic heterocycles. The molecule has 0 aliphatic heterocycles. The average molecular weight is 557 g/mol. The standard InChI is InChI=1S/C35H40O6/c1-22-17-27-28-14-16-35(39,34(28,3)19-30(37)32(27)33(2)15-13-24(36)18-29(22)33)31(38)21-41-26-11-9-25(10-12-26)40-20-23-7-5-4-6-8-23/h4-13,15,18,22,27-28,30,32,37,39H,14,16-17,19-21H2,1-3H3/t22-,27?,28?,30-,32?,33?,34?,35-/m0/s1. The third-order valence-electron chi connectivity index (χ3n) is 10.9. The van der Waals surface area contributed by atoms with Gasteiger partial charge < -0.3 is 19.7 Å². The number of Topliss-reactive ketones (excluding diaryl/α,β-unsaturated/α-hetero) is 1. The Bertz CT molecular complexity index is 1380. The van der Waals surface area contributed by atoms with Crippen LogP contribution in [0.4, 0.5) is 0 Å². The quantitative estimate of drug-likeness (QED) is 0.470. The molecule has 2 N–H and O–H groups in total. The summed E-state index contributed by atoms with van der Waals surface area (Å²) in [5.74, 6) is 1.28. The number of hydrogen-bond donors (Lipinski definition) is 2. The van der Waals surface area contributed by atoms with Crippen molar-refractivity contribution < 1.29 is 29.3 Å². The van der Waals surface area contributed by atoms with Gasteiger partial charge in [-0.05, 0) is 85.4 Å². The third kappa shape index (κ3) is 4.56. The van der Waals surface area contributed by atoms with E-state index in [1.54, 1.807) is 24.3 Å². The number of hydrogen-bond acceptors (Lipinski definition) is 6. The number of aliphatic hydroxyl groups excluding tert-OH is 1. The van der Waals surface area contributed by atoms with Gasteiger partial charge in [-0.1, -0.05) is 62.8 Å². The minimum Gasteiger partial charge on any atom is -0.489 e. The first kappa shape index (κ1) is 27.9. The molecule has 0 saturated heterocycles. The van der Waals surface area contributed by atoms with Gasteiger partial charge in [0.25, 0.3) is 0 Å². The van der Waals surface area contributed by atoms with Gasteiger partial charge >= 0.3 is 0 Å². The lowest BCUT2D eigenvalue weighted by Crippen LogP contribution is -2.62. The molecule has 41 heavy (non-hydrogen) atoms. The van der Waals surface area contributed by atoms with E-state index in [-0.39, 0.29) is 41.8 Å². The van der Waals surface area contributed by atoms with Gasteiger partial charge in [0.15, 0.2) is 5.78 Å². The van der Waals surface area contributed by atoms with Crippen LogP contribution in [0.1, 0.15) is 52.0 Å². The molecule has 6 nitrogen and oxygen atoms in total. The van der Waals surface area contributed by atoms with E-state index in [0.29, 0.717) is 30.9 Å². The minimum absolute atomic E-state index is 0.00750. The molecule has 4 aliphatic carbocycles. The van der Waals surface area contributed by atoms with E-state index in [2.05, 4.69) is 13.8 Å². The van der Waals surface area contributed by atoms with Crippen molar-refractivity contribution in [2.45, 2.75) is 64.8 Å². The van der Waals surface area contributed by atoms with Crippen LogP contribution < -0.4 is 9.47 Å².